The standard InChI is InChI=1S/C25H29FN4O5S/c1-18-28(2)14-15-30(18)36(33,34)29-12-10-25(11-13-29,19-6-4-7-20(26)16-19)17-27-24(32)23-21(31)8-5-9-22(23)35-3/h4-9,14-16H,10-13,17H2,1-3H3,(H-,27,31,32)/p+1. The molecule has 1 fully saturated rings. The van der Waals surface area contributed by atoms with Crippen molar-refractivity contribution in [2.24, 2.45) is 7.05 Å². The second-order valence-electron chi connectivity index (χ2n) is 8.99. The number of methoxy groups -OCH3 is 1. The first-order chi connectivity index (χ1) is 17.1. The van der Waals surface area contributed by atoms with Gasteiger partial charge in [0.25, 0.3) is 11.7 Å². The summed E-state index contributed by atoms with van der Waals surface area (Å²) in [5.41, 5.74) is -0.0318. The lowest BCUT2D eigenvalue weighted by molar-refractivity contribution is -0.676. The zero-order valence-corrected chi connectivity index (χ0v) is 21.3. The van der Waals surface area contributed by atoms with Gasteiger partial charge in [-0.3, -0.25) is 4.79 Å². The van der Waals surface area contributed by atoms with Crippen molar-refractivity contribution in [3.8, 4) is 11.5 Å². The Hall–Kier alpha value is -3.44. The molecule has 1 saturated heterocycles. The second kappa shape index (κ2) is 9.90. The molecule has 1 amide bonds. The Morgan fingerprint density at radius 3 is 2.53 bits per heavy atom. The minimum Gasteiger partial charge on any atom is -0.507 e. The van der Waals surface area contributed by atoms with Gasteiger partial charge in [0.2, 0.25) is 0 Å². The molecule has 1 aliphatic rings. The van der Waals surface area contributed by atoms with E-state index in [1.807, 2.05) is 0 Å². The number of carbonyl (C=O) groups excluding carboxylic acids is 1. The SMILES string of the molecule is COc1cccc(O)c1C(=O)NCC1(c2cccc(F)c2)CCN(S(=O)(=O)n2cc[n+](C)c2C)CC1. The summed E-state index contributed by atoms with van der Waals surface area (Å²) < 4.78 is 50.4. The van der Waals surface area contributed by atoms with Gasteiger partial charge < -0.3 is 15.2 Å². The first kappa shape index (κ1) is 25.6. The van der Waals surface area contributed by atoms with Crippen LogP contribution in [0.5, 0.6) is 11.5 Å². The number of piperidine rings is 1. The van der Waals surface area contributed by atoms with Crippen LogP contribution in [-0.4, -0.2) is 54.5 Å². The summed E-state index contributed by atoms with van der Waals surface area (Å²) in [7, 11) is -0.605. The van der Waals surface area contributed by atoms with Crippen molar-refractivity contribution in [1.82, 2.24) is 13.6 Å². The number of nitrogens with zero attached hydrogens (tertiary/aromatic N) is 3. The largest absolute Gasteiger partial charge is 0.507 e. The van der Waals surface area contributed by atoms with Gasteiger partial charge in [0.05, 0.1) is 14.2 Å². The molecule has 36 heavy (non-hydrogen) atoms. The number of imidazole rings is 1. The average Bonchev–Trinajstić information content (AvgIpc) is 3.21. The lowest BCUT2D eigenvalue weighted by Gasteiger charge is -2.41. The van der Waals surface area contributed by atoms with E-state index in [1.165, 1.54) is 39.8 Å². The van der Waals surface area contributed by atoms with Crippen LogP contribution in [0.3, 0.4) is 0 Å². The molecule has 0 spiro atoms. The van der Waals surface area contributed by atoms with Crippen molar-refractivity contribution in [2.45, 2.75) is 25.2 Å². The molecule has 0 saturated carbocycles. The van der Waals surface area contributed by atoms with Crippen molar-refractivity contribution < 1.29 is 32.0 Å². The smallest absolute Gasteiger partial charge is 0.380 e. The van der Waals surface area contributed by atoms with Crippen molar-refractivity contribution in [2.75, 3.05) is 26.7 Å². The fourth-order valence-corrected chi connectivity index (χ4v) is 6.25. The molecule has 2 aromatic carbocycles. The Labute approximate surface area is 209 Å². The van der Waals surface area contributed by atoms with Gasteiger partial charge in [-0.05, 0) is 42.7 Å². The molecule has 0 aliphatic carbocycles. The van der Waals surface area contributed by atoms with Gasteiger partial charge in [-0.15, -0.1) is 3.97 Å². The average molecular weight is 518 g/mol. The fourth-order valence-electron chi connectivity index (χ4n) is 4.69. The van der Waals surface area contributed by atoms with Crippen LogP contribution < -0.4 is 14.6 Å². The maximum Gasteiger partial charge on any atom is 0.380 e. The molecule has 192 valence electrons. The minimum atomic E-state index is -3.78. The highest BCUT2D eigenvalue weighted by atomic mass is 32.2. The molecule has 11 heteroatoms. The van der Waals surface area contributed by atoms with E-state index in [1.54, 1.807) is 49.0 Å². The number of aryl methyl sites for hydroxylation is 1. The van der Waals surface area contributed by atoms with E-state index in [-0.39, 0.29) is 36.7 Å². The molecule has 0 bridgehead atoms. The van der Waals surface area contributed by atoms with Crippen LogP contribution in [0, 0.1) is 12.7 Å². The summed E-state index contributed by atoms with van der Waals surface area (Å²) in [4.78, 5) is 13.0. The number of phenols is 1. The number of benzene rings is 2. The monoisotopic (exact) mass is 517 g/mol. The third kappa shape index (κ3) is 4.68. The molecule has 2 N–H and O–H groups in total. The van der Waals surface area contributed by atoms with Gasteiger partial charge in [0.1, 0.15) is 35.3 Å². The van der Waals surface area contributed by atoms with Crippen LogP contribution in [0.1, 0.15) is 34.6 Å². The van der Waals surface area contributed by atoms with Gasteiger partial charge >= 0.3 is 10.2 Å². The zero-order valence-electron chi connectivity index (χ0n) is 20.4. The maximum atomic E-state index is 14.2. The second-order valence-corrected chi connectivity index (χ2v) is 10.8. The Morgan fingerprint density at radius 2 is 1.92 bits per heavy atom. The molecular weight excluding hydrogens is 487 g/mol. The number of carbonyl (C=O) groups is 1. The van der Waals surface area contributed by atoms with Gasteiger partial charge in [-0.25, -0.2) is 8.96 Å². The molecule has 2 heterocycles. The van der Waals surface area contributed by atoms with E-state index in [9.17, 15) is 22.7 Å². The fraction of sp³-hybridized carbons (Fsp3) is 0.360. The number of hydrogen-bond donors (Lipinski definition) is 2. The molecule has 1 aliphatic heterocycles. The molecule has 0 radical (unpaired) electrons. The number of ether oxygens (including phenoxy) is 1. The van der Waals surface area contributed by atoms with Crippen molar-refractivity contribution in [3.05, 3.63) is 77.6 Å². The number of hydrogen-bond acceptors (Lipinski definition) is 5. The quantitative estimate of drug-likeness (QED) is 0.467. The van der Waals surface area contributed by atoms with E-state index in [4.69, 9.17) is 4.74 Å². The van der Waals surface area contributed by atoms with Crippen LogP contribution in [0.4, 0.5) is 4.39 Å². The molecule has 0 atom stereocenters. The highest BCUT2D eigenvalue weighted by Crippen LogP contribution is 2.37. The summed E-state index contributed by atoms with van der Waals surface area (Å²) in [6.07, 6.45) is 3.91. The molecule has 9 nitrogen and oxygen atoms in total. The summed E-state index contributed by atoms with van der Waals surface area (Å²) >= 11 is 0. The van der Waals surface area contributed by atoms with Gasteiger partial charge in [-0.2, -0.15) is 12.7 Å². The van der Waals surface area contributed by atoms with Crippen LogP contribution in [0.25, 0.3) is 0 Å². The highest BCUT2D eigenvalue weighted by molar-refractivity contribution is 7.87. The molecule has 4 rings (SSSR count). The highest BCUT2D eigenvalue weighted by Gasteiger charge is 2.42. The number of halogens is 1. The van der Waals surface area contributed by atoms with Crippen molar-refractivity contribution in [1.29, 1.82) is 0 Å². The van der Waals surface area contributed by atoms with E-state index < -0.39 is 27.3 Å². The number of aromatic hydroxyl groups is 1. The minimum absolute atomic E-state index is 0.00496. The number of aromatic nitrogens is 2. The zero-order chi connectivity index (χ0) is 26.1. The van der Waals surface area contributed by atoms with Gasteiger partial charge in [-0.1, -0.05) is 18.2 Å². The first-order valence-electron chi connectivity index (χ1n) is 11.5. The summed E-state index contributed by atoms with van der Waals surface area (Å²) in [6.45, 7) is 2.23. The van der Waals surface area contributed by atoms with Gasteiger partial charge in [0.15, 0.2) is 0 Å². The normalized spacial score (nSPS) is 16.0. The van der Waals surface area contributed by atoms with Crippen LogP contribution >= 0.6 is 0 Å². The number of rotatable bonds is 7. The van der Waals surface area contributed by atoms with Crippen LogP contribution in [-0.2, 0) is 22.7 Å². The number of phenolic OH excluding ortho intramolecular Hbond substituents is 1. The van der Waals surface area contributed by atoms with Gasteiger partial charge in [0, 0.05) is 32.0 Å². The Balaban J connectivity index is 1.60. The van der Waals surface area contributed by atoms with Crippen LogP contribution in [0.15, 0.2) is 54.9 Å². The van der Waals surface area contributed by atoms with E-state index in [0.717, 1.165) is 0 Å². The molecule has 3 aromatic rings. The number of nitrogens with one attached hydrogen (secondary N) is 1. The summed E-state index contributed by atoms with van der Waals surface area (Å²) in [5.74, 6) is -0.371. The molecule has 0 unspecified atom stereocenters. The van der Waals surface area contributed by atoms with Crippen molar-refractivity contribution in [3.63, 3.8) is 0 Å². The van der Waals surface area contributed by atoms with E-state index >= 15 is 0 Å². The predicted octanol–water partition coefficient (Wildman–Crippen LogP) is 2.03. The van der Waals surface area contributed by atoms with E-state index in [2.05, 4.69) is 5.32 Å². The molecular formula is C25H30FN4O5S+. The third-order valence-electron chi connectivity index (χ3n) is 6.98. The Kier molecular flexibility index (Phi) is 7.05. The Morgan fingerprint density at radius 1 is 1.22 bits per heavy atom. The third-order valence-corrected chi connectivity index (χ3v) is 8.89. The van der Waals surface area contributed by atoms with Crippen LogP contribution in [0.2, 0.25) is 0 Å². The first-order valence-corrected chi connectivity index (χ1v) is 12.9. The maximum absolute atomic E-state index is 14.2. The van der Waals surface area contributed by atoms with E-state index in [0.29, 0.717) is 24.2 Å². The summed E-state index contributed by atoms with van der Waals surface area (Å²) in [6, 6.07) is 10.7. The lowest BCUT2D eigenvalue weighted by atomic mass is 9.73. The predicted molar refractivity (Wildman–Crippen MR) is 131 cm³/mol. The number of amides is 1. The van der Waals surface area contributed by atoms with Crippen molar-refractivity contribution >= 4 is 16.1 Å². The Bertz CT molecular complexity index is 1380. The summed E-state index contributed by atoms with van der Waals surface area (Å²) in [5, 5.41) is 13.1. The molecule has 1 aromatic heterocycles. The lowest BCUT2D eigenvalue weighted by Crippen LogP contribution is -2.51. The topological polar surface area (TPSA) is 105 Å².